The Hall–Kier alpha value is -4.33. The number of non-ortho nitro benzene ring substituents is 1. The molecule has 1 amide bonds. The second kappa shape index (κ2) is 7.59. The predicted molar refractivity (Wildman–Crippen MR) is 113 cm³/mol. The smallest absolute Gasteiger partial charge is 0.345 e. The van der Waals surface area contributed by atoms with Crippen LogP contribution in [0.3, 0.4) is 0 Å². The molecule has 3 aromatic carbocycles. The van der Waals surface area contributed by atoms with Crippen LogP contribution in [0.1, 0.15) is 22.8 Å². The van der Waals surface area contributed by atoms with Gasteiger partial charge in [0.15, 0.2) is 0 Å². The molecule has 0 atom stereocenters. The first-order valence-electron chi connectivity index (χ1n) is 8.99. The van der Waals surface area contributed by atoms with E-state index in [-0.39, 0.29) is 22.5 Å². The van der Waals surface area contributed by atoms with Gasteiger partial charge in [0.2, 0.25) is 0 Å². The van der Waals surface area contributed by atoms with Gasteiger partial charge in [-0.25, -0.2) is 10.2 Å². The third-order valence-electron chi connectivity index (χ3n) is 4.70. The lowest BCUT2D eigenvalue weighted by Gasteiger charge is -2.06. The summed E-state index contributed by atoms with van der Waals surface area (Å²) in [5.74, 6) is -0.556. The van der Waals surface area contributed by atoms with E-state index in [4.69, 9.17) is 4.42 Å². The summed E-state index contributed by atoms with van der Waals surface area (Å²) in [7, 11) is 0. The number of nitro benzene ring substituents is 1. The van der Waals surface area contributed by atoms with Gasteiger partial charge in [0.05, 0.1) is 16.2 Å². The molecule has 8 nitrogen and oxygen atoms in total. The third-order valence-corrected chi connectivity index (χ3v) is 4.70. The van der Waals surface area contributed by atoms with Crippen LogP contribution in [0.5, 0.6) is 0 Å². The maximum atomic E-state index is 12.4. The van der Waals surface area contributed by atoms with Crippen LogP contribution >= 0.6 is 0 Å². The first-order chi connectivity index (χ1) is 14.4. The number of nitrogens with zero attached hydrogens (tertiary/aromatic N) is 2. The molecule has 1 aromatic heterocycles. The van der Waals surface area contributed by atoms with Gasteiger partial charge in [0.1, 0.15) is 5.58 Å². The number of nitro groups is 1. The molecule has 30 heavy (non-hydrogen) atoms. The van der Waals surface area contributed by atoms with Gasteiger partial charge >= 0.3 is 5.63 Å². The zero-order chi connectivity index (χ0) is 21.3. The first kappa shape index (κ1) is 19.0. The standard InChI is InChI=1S/C22H15N3O5/c1-13(23-24-21(26)15-6-9-16(10-7-15)25(28)29)18-12-19-17-5-3-2-4-14(17)8-11-20(19)30-22(18)27/h2-12H,1H3,(H,24,26)/b23-13+. The van der Waals surface area contributed by atoms with Gasteiger partial charge in [-0.05, 0) is 42.0 Å². The summed E-state index contributed by atoms with van der Waals surface area (Å²) >= 11 is 0. The number of carbonyl (C=O) groups excluding carboxylic acids is 1. The van der Waals surface area contributed by atoms with Crippen LogP contribution in [0.15, 0.2) is 81.0 Å². The molecule has 0 bridgehead atoms. The number of hydrogen-bond donors (Lipinski definition) is 1. The molecule has 0 aliphatic rings. The Labute approximate surface area is 169 Å². The van der Waals surface area contributed by atoms with Crippen LogP contribution in [0.25, 0.3) is 21.7 Å². The highest BCUT2D eigenvalue weighted by molar-refractivity contribution is 6.09. The van der Waals surface area contributed by atoms with Crippen LogP contribution < -0.4 is 11.1 Å². The average Bonchev–Trinajstić information content (AvgIpc) is 2.76. The summed E-state index contributed by atoms with van der Waals surface area (Å²) in [6, 6.07) is 18.2. The number of nitrogens with one attached hydrogen (secondary N) is 1. The molecule has 0 spiro atoms. The predicted octanol–water partition coefficient (Wildman–Crippen LogP) is 4.01. The molecule has 1 heterocycles. The highest BCUT2D eigenvalue weighted by atomic mass is 16.6. The van der Waals surface area contributed by atoms with Gasteiger partial charge in [0.25, 0.3) is 11.6 Å². The number of carbonyl (C=O) groups is 1. The highest BCUT2D eigenvalue weighted by Crippen LogP contribution is 2.25. The molecule has 0 aliphatic heterocycles. The maximum absolute atomic E-state index is 12.4. The average molecular weight is 401 g/mol. The molecular weight excluding hydrogens is 386 g/mol. The van der Waals surface area contributed by atoms with Gasteiger partial charge < -0.3 is 4.42 Å². The maximum Gasteiger partial charge on any atom is 0.345 e. The van der Waals surface area contributed by atoms with E-state index in [0.29, 0.717) is 5.58 Å². The molecule has 0 saturated carbocycles. The quantitative estimate of drug-likeness (QED) is 0.182. The lowest BCUT2D eigenvalue weighted by molar-refractivity contribution is -0.384. The molecule has 0 unspecified atom stereocenters. The van der Waals surface area contributed by atoms with Crippen molar-refractivity contribution in [2.75, 3.05) is 0 Å². The first-order valence-corrected chi connectivity index (χ1v) is 8.99. The van der Waals surface area contributed by atoms with Gasteiger partial charge in [-0.3, -0.25) is 14.9 Å². The van der Waals surface area contributed by atoms with Crippen molar-refractivity contribution >= 4 is 39.0 Å². The van der Waals surface area contributed by atoms with Gasteiger partial charge in [0, 0.05) is 23.1 Å². The second-order valence-corrected chi connectivity index (χ2v) is 6.59. The number of hydrogen-bond acceptors (Lipinski definition) is 6. The molecule has 0 aliphatic carbocycles. The fourth-order valence-corrected chi connectivity index (χ4v) is 3.12. The lowest BCUT2D eigenvalue weighted by Crippen LogP contribution is -2.21. The minimum absolute atomic E-state index is 0.118. The second-order valence-electron chi connectivity index (χ2n) is 6.59. The number of hydrazone groups is 1. The van der Waals surface area contributed by atoms with Crippen molar-refractivity contribution in [3.63, 3.8) is 0 Å². The summed E-state index contributed by atoms with van der Waals surface area (Å²) in [4.78, 5) is 34.8. The lowest BCUT2D eigenvalue weighted by atomic mass is 10.0. The molecule has 0 radical (unpaired) electrons. The van der Waals surface area contributed by atoms with Crippen LogP contribution in [0.4, 0.5) is 5.69 Å². The molecule has 1 N–H and O–H groups in total. The molecule has 4 rings (SSSR count). The Morgan fingerprint density at radius 2 is 1.77 bits per heavy atom. The highest BCUT2D eigenvalue weighted by Gasteiger charge is 2.12. The fraction of sp³-hybridized carbons (Fsp3) is 0.0455. The Morgan fingerprint density at radius 3 is 2.50 bits per heavy atom. The van der Waals surface area contributed by atoms with E-state index in [2.05, 4.69) is 10.5 Å². The number of rotatable bonds is 4. The number of fused-ring (bicyclic) bond motifs is 3. The monoisotopic (exact) mass is 401 g/mol. The molecule has 8 heteroatoms. The molecule has 4 aromatic rings. The number of amides is 1. The Balaban J connectivity index is 1.65. The zero-order valence-corrected chi connectivity index (χ0v) is 15.8. The van der Waals surface area contributed by atoms with Crippen molar-refractivity contribution in [3.05, 3.63) is 98.4 Å². The van der Waals surface area contributed by atoms with Crippen LogP contribution in [0, 0.1) is 10.1 Å². The van der Waals surface area contributed by atoms with Crippen LogP contribution in [0.2, 0.25) is 0 Å². The van der Waals surface area contributed by atoms with Crippen LogP contribution in [-0.2, 0) is 0 Å². The summed E-state index contributed by atoms with van der Waals surface area (Å²) in [5.41, 5.74) is 2.84. The fourth-order valence-electron chi connectivity index (χ4n) is 3.12. The van der Waals surface area contributed by atoms with Crippen molar-refractivity contribution in [2.45, 2.75) is 6.92 Å². The van der Waals surface area contributed by atoms with Crippen LogP contribution in [-0.4, -0.2) is 16.5 Å². The Kier molecular flexibility index (Phi) is 4.81. The molecule has 0 fully saturated rings. The SMILES string of the molecule is C/C(=N\NC(=O)c1ccc([N+](=O)[O-])cc1)c1cc2c(ccc3ccccc32)oc1=O. The largest absolute Gasteiger partial charge is 0.422 e. The van der Waals surface area contributed by atoms with Crippen molar-refractivity contribution in [2.24, 2.45) is 5.10 Å². The van der Waals surface area contributed by atoms with Crippen molar-refractivity contribution in [1.82, 2.24) is 5.43 Å². The third kappa shape index (κ3) is 3.53. The summed E-state index contributed by atoms with van der Waals surface area (Å²) < 4.78 is 5.44. The topological polar surface area (TPSA) is 115 Å². The minimum Gasteiger partial charge on any atom is -0.422 e. The zero-order valence-electron chi connectivity index (χ0n) is 15.8. The van der Waals surface area contributed by atoms with E-state index in [1.165, 1.54) is 24.3 Å². The van der Waals surface area contributed by atoms with Gasteiger partial charge in [-0.2, -0.15) is 5.10 Å². The summed E-state index contributed by atoms with van der Waals surface area (Å²) in [5, 5.41) is 17.4. The Bertz CT molecular complexity index is 1390. The van der Waals surface area contributed by atoms with Gasteiger partial charge in [-0.15, -0.1) is 0 Å². The van der Waals surface area contributed by atoms with Crippen molar-refractivity contribution < 1.29 is 14.1 Å². The van der Waals surface area contributed by atoms with E-state index >= 15 is 0 Å². The van der Waals surface area contributed by atoms with E-state index in [0.717, 1.165) is 16.2 Å². The van der Waals surface area contributed by atoms with E-state index < -0.39 is 16.5 Å². The Morgan fingerprint density at radius 1 is 1.03 bits per heavy atom. The minimum atomic E-state index is -0.566. The number of benzene rings is 3. The normalized spacial score (nSPS) is 11.6. The van der Waals surface area contributed by atoms with E-state index in [1.807, 2.05) is 30.3 Å². The summed E-state index contributed by atoms with van der Waals surface area (Å²) in [6.07, 6.45) is 0. The summed E-state index contributed by atoms with van der Waals surface area (Å²) in [6.45, 7) is 1.58. The molecular formula is C22H15N3O5. The molecule has 148 valence electrons. The molecule has 0 saturated heterocycles. The van der Waals surface area contributed by atoms with E-state index in [1.54, 1.807) is 19.1 Å². The van der Waals surface area contributed by atoms with Crippen molar-refractivity contribution in [1.29, 1.82) is 0 Å². The van der Waals surface area contributed by atoms with Crippen molar-refractivity contribution in [3.8, 4) is 0 Å². The van der Waals surface area contributed by atoms with E-state index in [9.17, 15) is 19.7 Å². The van der Waals surface area contributed by atoms with Gasteiger partial charge in [-0.1, -0.05) is 30.3 Å².